The number of aromatic nitrogens is 2. The molecule has 1 aromatic carbocycles. The summed E-state index contributed by atoms with van der Waals surface area (Å²) in [6.07, 6.45) is 0.909. The Kier molecular flexibility index (Phi) is 6.62. The molecule has 0 aliphatic heterocycles. The highest BCUT2D eigenvalue weighted by molar-refractivity contribution is 5.65. The van der Waals surface area contributed by atoms with Crippen molar-refractivity contribution in [1.82, 2.24) is 9.97 Å². The van der Waals surface area contributed by atoms with Crippen LogP contribution in [0, 0.1) is 6.92 Å². The zero-order valence-corrected chi connectivity index (χ0v) is 14.5. The van der Waals surface area contributed by atoms with E-state index in [1.54, 1.807) is 21.3 Å². The number of aryl methyl sites for hydroxylation is 1. The zero-order valence-electron chi connectivity index (χ0n) is 14.5. The summed E-state index contributed by atoms with van der Waals surface area (Å²) in [5, 5.41) is 6.46. The van der Waals surface area contributed by atoms with Crippen LogP contribution in [-0.2, 0) is 4.74 Å². The Morgan fingerprint density at radius 3 is 2.58 bits per heavy atom. The third-order valence-electron chi connectivity index (χ3n) is 3.34. The molecule has 0 radical (unpaired) electrons. The average Bonchev–Trinajstić information content (AvgIpc) is 2.58. The predicted octanol–water partition coefficient (Wildman–Crippen LogP) is 2.99. The Morgan fingerprint density at radius 2 is 1.88 bits per heavy atom. The molecule has 24 heavy (non-hydrogen) atoms. The van der Waals surface area contributed by atoms with E-state index < -0.39 is 0 Å². The largest absolute Gasteiger partial charge is 0.497 e. The molecule has 0 saturated carbocycles. The van der Waals surface area contributed by atoms with Crippen molar-refractivity contribution >= 4 is 17.5 Å². The lowest BCUT2D eigenvalue weighted by Gasteiger charge is -2.13. The van der Waals surface area contributed by atoms with Crippen LogP contribution in [0.2, 0.25) is 0 Å². The summed E-state index contributed by atoms with van der Waals surface area (Å²) in [4.78, 5) is 8.91. The summed E-state index contributed by atoms with van der Waals surface area (Å²) in [7, 11) is 4.93. The number of methoxy groups -OCH3 is 3. The number of anilines is 3. The van der Waals surface area contributed by atoms with Gasteiger partial charge in [0.15, 0.2) is 0 Å². The standard InChI is InChI=1S/C17H24N4O3/c1-12-10-16(18-8-5-9-22-2)21-17(19-12)20-14-11-13(23-3)6-7-15(14)24-4/h6-7,10-11H,5,8-9H2,1-4H3,(H2,18,19,20,21). The van der Waals surface area contributed by atoms with E-state index >= 15 is 0 Å². The van der Waals surface area contributed by atoms with Crippen LogP contribution in [-0.4, -0.2) is 44.4 Å². The summed E-state index contributed by atoms with van der Waals surface area (Å²) >= 11 is 0. The van der Waals surface area contributed by atoms with E-state index in [0.717, 1.165) is 35.9 Å². The second kappa shape index (κ2) is 8.93. The fraction of sp³-hybridized carbons (Fsp3) is 0.412. The molecule has 0 unspecified atom stereocenters. The summed E-state index contributed by atoms with van der Waals surface area (Å²) in [6.45, 7) is 3.42. The van der Waals surface area contributed by atoms with Crippen LogP contribution in [0.15, 0.2) is 24.3 Å². The van der Waals surface area contributed by atoms with Gasteiger partial charge in [0.2, 0.25) is 5.95 Å². The van der Waals surface area contributed by atoms with Crippen LogP contribution in [0.5, 0.6) is 11.5 Å². The summed E-state index contributed by atoms with van der Waals surface area (Å²) in [6, 6.07) is 7.42. The molecule has 1 aromatic heterocycles. The summed E-state index contributed by atoms with van der Waals surface area (Å²) in [5.41, 5.74) is 1.61. The Balaban J connectivity index is 2.15. The van der Waals surface area contributed by atoms with Gasteiger partial charge >= 0.3 is 0 Å². The molecule has 2 rings (SSSR count). The second-order valence-corrected chi connectivity index (χ2v) is 5.18. The third kappa shape index (κ3) is 4.99. The monoisotopic (exact) mass is 332 g/mol. The zero-order chi connectivity index (χ0) is 17.4. The van der Waals surface area contributed by atoms with Crippen molar-refractivity contribution in [3.8, 4) is 11.5 Å². The molecule has 2 aromatic rings. The maximum Gasteiger partial charge on any atom is 0.229 e. The molecule has 130 valence electrons. The van der Waals surface area contributed by atoms with Crippen molar-refractivity contribution in [2.45, 2.75) is 13.3 Å². The van der Waals surface area contributed by atoms with Gasteiger partial charge in [-0.2, -0.15) is 4.98 Å². The number of nitrogens with one attached hydrogen (secondary N) is 2. The fourth-order valence-corrected chi connectivity index (χ4v) is 2.18. The van der Waals surface area contributed by atoms with Crippen molar-refractivity contribution in [1.29, 1.82) is 0 Å². The first-order valence-corrected chi connectivity index (χ1v) is 7.74. The third-order valence-corrected chi connectivity index (χ3v) is 3.34. The number of benzene rings is 1. The summed E-state index contributed by atoms with van der Waals surface area (Å²) < 4.78 is 15.7. The second-order valence-electron chi connectivity index (χ2n) is 5.18. The Labute approximate surface area is 142 Å². The van der Waals surface area contributed by atoms with Crippen LogP contribution in [0.4, 0.5) is 17.5 Å². The smallest absolute Gasteiger partial charge is 0.229 e. The maximum absolute atomic E-state index is 5.37. The normalized spacial score (nSPS) is 10.3. The van der Waals surface area contributed by atoms with Gasteiger partial charge < -0.3 is 24.8 Å². The average molecular weight is 332 g/mol. The van der Waals surface area contributed by atoms with Gasteiger partial charge in [0, 0.05) is 38.1 Å². The molecule has 0 amide bonds. The Hall–Kier alpha value is -2.54. The number of rotatable bonds is 9. The molecule has 1 heterocycles. The van der Waals surface area contributed by atoms with Gasteiger partial charge in [-0.1, -0.05) is 0 Å². The molecule has 7 heteroatoms. The molecule has 7 nitrogen and oxygen atoms in total. The highest BCUT2D eigenvalue weighted by Gasteiger charge is 2.08. The van der Waals surface area contributed by atoms with E-state index in [0.29, 0.717) is 18.3 Å². The van der Waals surface area contributed by atoms with Crippen LogP contribution >= 0.6 is 0 Å². The summed E-state index contributed by atoms with van der Waals surface area (Å²) in [5.74, 6) is 2.68. The molecule has 0 saturated heterocycles. The Morgan fingerprint density at radius 1 is 1.04 bits per heavy atom. The van der Waals surface area contributed by atoms with Crippen LogP contribution in [0.1, 0.15) is 12.1 Å². The van der Waals surface area contributed by atoms with Crippen molar-refractivity contribution in [2.24, 2.45) is 0 Å². The number of ether oxygens (including phenoxy) is 3. The van der Waals surface area contributed by atoms with E-state index in [1.807, 2.05) is 31.2 Å². The minimum atomic E-state index is 0.496. The highest BCUT2D eigenvalue weighted by Crippen LogP contribution is 2.30. The number of hydrogen-bond donors (Lipinski definition) is 2. The first kappa shape index (κ1) is 17.8. The van der Waals surface area contributed by atoms with Crippen molar-refractivity contribution < 1.29 is 14.2 Å². The van der Waals surface area contributed by atoms with E-state index in [9.17, 15) is 0 Å². The number of nitrogens with zero attached hydrogens (tertiary/aromatic N) is 2. The molecule has 0 bridgehead atoms. The van der Waals surface area contributed by atoms with Crippen LogP contribution in [0.25, 0.3) is 0 Å². The van der Waals surface area contributed by atoms with Gasteiger partial charge in [-0.3, -0.25) is 0 Å². The Bertz CT molecular complexity index is 664. The molecule has 0 fully saturated rings. The lowest BCUT2D eigenvalue weighted by atomic mass is 10.2. The van der Waals surface area contributed by atoms with E-state index in [4.69, 9.17) is 14.2 Å². The molecule has 2 N–H and O–H groups in total. The minimum Gasteiger partial charge on any atom is -0.497 e. The lowest BCUT2D eigenvalue weighted by molar-refractivity contribution is 0.198. The van der Waals surface area contributed by atoms with Crippen molar-refractivity contribution in [3.05, 3.63) is 30.0 Å². The fourth-order valence-electron chi connectivity index (χ4n) is 2.18. The first-order chi connectivity index (χ1) is 11.7. The van der Waals surface area contributed by atoms with Gasteiger partial charge in [-0.15, -0.1) is 0 Å². The van der Waals surface area contributed by atoms with Crippen LogP contribution in [0.3, 0.4) is 0 Å². The van der Waals surface area contributed by atoms with Crippen molar-refractivity contribution in [2.75, 3.05) is 45.1 Å². The molecule has 0 aliphatic carbocycles. The maximum atomic E-state index is 5.37. The quantitative estimate of drug-likeness (QED) is 0.684. The van der Waals surface area contributed by atoms with E-state index in [2.05, 4.69) is 20.6 Å². The van der Waals surface area contributed by atoms with Gasteiger partial charge in [-0.25, -0.2) is 4.98 Å². The lowest BCUT2D eigenvalue weighted by Crippen LogP contribution is -2.08. The molecular weight excluding hydrogens is 308 g/mol. The highest BCUT2D eigenvalue weighted by atomic mass is 16.5. The molecule has 0 aliphatic rings. The number of hydrogen-bond acceptors (Lipinski definition) is 7. The molecule has 0 atom stereocenters. The van der Waals surface area contributed by atoms with Gasteiger partial charge in [0.1, 0.15) is 17.3 Å². The SMILES string of the molecule is COCCCNc1cc(C)nc(Nc2cc(OC)ccc2OC)n1. The predicted molar refractivity (Wildman–Crippen MR) is 94.6 cm³/mol. The van der Waals surface area contributed by atoms with E-state index in [-0.39, 0.29) is 0 Å². The topological polar surface area (TPSA) is 77.5 Å². The van der Waals surface area contributed by atoms with Gasteiger partial charge in [0.25, 0.3) is 0 Å². The molecular formula is C17H24N4O3. The van der Waals surface area contributed by atoms with Crippen molar-refractivity contribution in [3.63, 3.8) is 0 Å². The molecule has 0 spiro atoms. The van der Waals surface area contributed by atoms with Crippen LogP contribution < -0.4 is 20.1 Å². The minimum absolute atomic E-state index is 0.496. The van der Waals surface area contributed by atoms with E-state index in [1.165, 1.54) is 0 Å². The first-order valence-electron chi connectivity index (χ1n) is 7.74. The van der Waals surface area contributed by atoms with Gasteiger partial charge in [-0.05, 0) is 25.5 Å². The van der Waals surface area contributed by atoms with Gasteiger partial charge in [0.05, 0.1) is 19.9 Å².